The van der Waals surface area contributed by atoms with Gasteiger partial charge in [0.25, 0.3) is 0 Å². The van der Waals surface area contributed by atoms with E-state index in [9.17, 15) is 10.1 Å². The van der Waals surface area contributed by atoms with Gasteiger partial charge in [0.2, 0.25) is 5.88 Å². The molecule has 0 spiro atoms. The molecule has 13 heteroatoms. The van der Waals surface area contributed by atoms with Crippen molar-refractivity contribution in [1.82, 2.24) is 0 Å². The fourth-order valence-corrected chi connectivity index (χ4v) is 5.59. The van der Waals surface area contributed by atoms with Crippen LogP contribution < -0.4 is 29.4 Å². The van der Waals surface area contributed by atoms with Crippen molar-refractivity contribution in [2.24, 2.45) is 5.73 Å². The molecule has 0 saturated heterocycles. The standard InChI is InChI=1S/C30H25Cl5N2O6/c1-3-4-5-10-40-19-9-6-15(11-21(19)39-2)23-17-8-7-16(12-20(17)43-30(37)18(23)13-36)42-22(38)14-41-29-27(34)25(32)24(31)26(33)28(29)35/h6-9,11-12,23H,3-5,10,14,37H2,1-2H3. The molecule has 3 aromatic carbocycles. The van der Waals surface area contributed by atoms with Crippen molar-refractivity contribution in [1.29, 1.82) is 5.26 Å². The number of ether oxygens (including phenoxy) is 5. The van der Waals surface area contributed by atoms with Gasteiger partial charge in [-0.15, -0.1) is 0 Å². The third-order valence-electron chi connectivity index (χ3n) is 6.45. The van der Waals surface area contributed by atoms with Crippen molar-refractivity contribution in [2.45, 2.75) is 32.1 Å². The highest BCUT2D eigenvalue weighted by Crippen LogP contribution is 2.48. The molecule has 3 aromatic rings. The topological polar surface area (TPSA) is 113 Å². The summed E-state index contributed by atoms with van der Waals surface area (Å²) in [5.74, 6) is -0.00795. The first-order valence-electron chi connectivity index (χ1n) is 13.0. The second-order valence-corrected chi connectivity index (χ2v) is 11.1. The summed E-state index contributed by atoms with van der Waals surface area (Å²) in [5, 5.41) is 9.53. The Labute approximate surface area is 273 Å². The average Bonchev–Trinajstić information content (AvgIpc) is 3.00. The molecule has 1 heterocycles. The number of hydrogen-bond donors (Lipinski definition) is 1. The highest BCUT2D eigenvalue weighted by molar-refractivity contribution is 6.55. The molecule has 1 aliphatic heterocycles. The number of nitrogens with two attached hydrogens (primary N) is 1. The SMILES string of the molecule is CCCCCOc1ccc(C2C(C#N)=C(N)Oc3cc(OC(=O)COc4c(Cl)c(Cl)c(Cl)c(Cl)c4Cl)ccc32)cc1OC. The lowest BCUT2D eigenvalue weighted by atomic mass is 9.83. The minimum absolute atomic E-state index is 0.0429. The van der Waals surface area contributed by atoms with Crippen molar-refractivity contribution < 1.29 is 28.5 Å². The molecule has 0 bridgehead atoms. The summed E-state index contributed by atoms with van der Waals surface area (Å²) < 4.78 is 28.1. The predicted molar refractivity (Wildman–Crippen MR) is 166 cm³/mol. The Bertz CT molecular complexity index is 1590. The summed E-state index contributed by atoms with van der Waals surface area (Å²) in [4.78, 5) is 12.6. The third kappa shape index (κ3) is 7.14. The molecule has 0 radical (unpaired) electrons. The zero-order valence-electron chi connectivity index (χ0n) is 22.9. The van der Waals surface area contributed by atoms with Crippen LogP contribution in [0.25, 0.3) is 0 Å². The van der Waals surface area contributed by atoms with E-state index in [0.29, 0.717) is 29.4 Å². The summed E-state index contributed by atoms with van der Waals surface area (Å²) >= 11 is 30.4. The molecule has 2 N–H and O–H groups in total. The van der Waals surface area contributed by atoms with E-state index >= 15 is 0 Å². The van der Waals surface area contributed by atoms with Gasteiger partial charge < -0.3 is 29.4 Å². The lowest BCUT2D eigenvalue weighted by molar-refractivity contribution is -0.136. The highest BCUT2D eigenvalue weighted by atomic mass is 35.5. The van der Waals surface area contributed by atoms with Crippen molar-refractivity contribution in [3.8, 4) is 34.8 Å². The number of allylic oxidation sites excluding steroid dienone is 1. The Balaban J connectivity index is 1.55. The van der Waals surface area contributed by atoms with Gasteiger partial charge in [-0.25, -0.2) is 4.79 Å². The Kier molecular flexibility index (Phi) is 11.0. The zero-order chi connectivity index (χ0) is 31.3. The number of rotatable bonds is 11. The summed E-state index contributed by atoms with van der Waals surface area (Å²) in [7, 11) is 1.55. The maximum absolute atomic E-state index is 12.6. The maximum Gasteiger partial charge on any atom is 0.349 e. The zero-order valence-corrected chi connectivity index (χ0v) is 26.7. The van der Waals surface area contributed by atoms with Gasteiger partial charge in [0.15, 0.2) is 23.9 Å². The minimum Gasteiger partial charge on any atom is -0.493 e. The number of fused-ring (bicyclic) bond motifs is 1. The molecule has 8 nitrogen and oxygen atoms in total. The summed E-state index contributed by atoms with van der Waals surface area (Å²) in [6, 6.07) is 12.3. The Morgan fingerprint density at radius 2 is 1.65 bits per heavy atom. The predicted octanol–water partition coefficient (Wildman–Crippen LogP) is 8.73. The number of benzene rings is 3. The normalized spacial score (nSPS) is 14.0. The second-order valence-electron chi connectivity index (χ2n) is 9.25. The van der Waals surface area contributed by atoms with Crippen molar-refractivity contribution in [3.05, 3.63) is 84.1 Å². The van der Waals surface area contributed by atoms with Crippen LogP contribution in [-0.2, 0) is 4.79 Å². The van der Waals surface area contributed by atoms with E-state index in [4.69, 9.17) is 87.4 Å². The van der Waals surface area contributed by atoms with Gasteiger partial charge in [0.1, 0.15) is 33.2 Å². The molecule has 1 atom stereocenters. The number of methoxy groups -OCH3 is 1. The quantitative estimate of drug-likeness (QED) is 0.0701. The van der Waals surface area contributed by atoms with Crippen LogP contribution in [0.4, 0.5) is 0 Å². The van der Waals surface area contributed by atoms with E-state index in [-0.39, 0.29) is 48.1 Å². The number of unbranched alkanes of at least 4 members (excludes halogenated alkanes) is 2. The smallest absolute Gasteiger partial charge is 0.349 e. The minimum atomic E-state index is -0.790. The molecular formula is C30H25Cl5N2O6. The fraction of sp³-hybridized carbons (Fsp3) is 0.267. The monoisotopic (exact) mass is 684 g/mol. The number of hydrogen-bond acceptors (Lipinski definition) is 8. The van der Waals surface area contributed by atoms with Crippen molar-refractivity contribution in [2.75, 3.05) is 20.3 Å². The maximum atomic E-state index is 12.6. The highest BCUT2D eigenvalue weighted by Gasteiger charge is 2.32. The fourth-order valence-electron chi connectivity index (χ4n) is 4.36. The molecule has 0 aromatic heterocycles. The van der Waals surface area contributed by atoms with E-state index in [1.54, 1.807) is 31.4 Å². The molecule has 43 heavy (non-hydrogen) atoms. The number of carbonyl (C=O) groups is 1. The van der Waals surface area contributed by atoms with E-state index in [1.165, 1.54) is 6.07 Å². The van der Waals surface area contributed by atoms with E-state index in [1.807, 2.05) is 6.07 Å². The lowest BCUT2D eigenvalue weighted by Gasteiger charge is -2.27. The van der Waals surface area contributed by atoms with Crippen LogP contribution in [0.1, 0.15) is 43.2 Å². The van der Waals surface area contributed by atoms with Crippen LogP contribution in [0.3, 0.4) is 0 Å². The van der Waals surface area contributed by atoms with Gasteiger partial charge in [-0.05, 0) is 30.2 Å². The third-order valence-corrected chi connectivity index (χ3v) is 8.69. The van der Waals surface area contributed by atoms with Crippen molar-refractivity contribution in [3.63, 3.8) is 0 Å². The Hall–Kier alpha value is -3.19. The number of carbonyl (C=O) groups excluding carboxylic acids is 1. The van der Waals surface area contributed by atoms with E-state index < -0.39 is 18.5 Å². The Morgan fingerprint density at radius 3 is 2.30 bits per heavy atom. The van der Waals surface area contributed by atoms with Crippen LogP contribution in [-0.4, -0.2) is 26.3 Å². The van der Waals surface area contributed by atoms with Gasteiger partial charge in [-0.2, -0.15) is 5.26 Å². The molecule has 0 aliphatic carbocycles. The lowest BCUT2D eigenvalue weighted by Crippen LogP contribution is -2.22. The van der Waals surface area contributed by atoms with Gasteiger partial charge in [-0.1, -0.05) is 89.9 Å². The molecule has 4 rings (SSSR count). The van der Waals surface area contributed by atoms with Crippen LogP contribution >= 0.6 is 58.0 Å². The number of nitrogens with zero attached hydrogens (tertiary/aromatic N) is 1. The Morgan fingerprint density at radius 1 is 0.953 bits per heavy atom. The first-order valence-corrected chi connectivity index (χ1v) is 14.9. The molecule has 1 aliphatic rings. The molecule has 226 valence electrons. The molecule has 0 saturated carbocycles. The summed E-state index contributed by atoms with van der Waals surface area (Å²) in [6.07, 6.45) is 3.07. The molecule has 0 fully saturated rings. The first-order chi connectivity index (χ1) is 20.6. The van der Waals surface area contributed by atoms with E-state index in [0.717, 1.165) is 24.8 Å². The average molecular weight is 687 g/mol. The van der Waals surface area contributed by atoms with E-state index in [2.05, 4.69) is 13.0 Å². The molecular weight excluding hydrogens is 662 g/mol. The van der Waals surface area contributed by atoms with Gasteiger partial charge in [-0.3, -0.25) is 0 Å². The summed E-state index contributed by atoms with van der Waals surface area (Å²) in [6.45, 7) is 2.10. The van der Waals surface area contributed by atoms with Crippen LogP contribution in [0.15, 0.2) is 47.9 Å². The van der Waals surface area contributed by atoms with Crippen molar-refractivity contribution >= 4 is 64.0 Å². The number of halogens is 5. The second kappa shape index (κ2) is 14.5. The molecule has 1 unspecified atom stereocenters. The first kappa shape index (κ1) is 32.7. The summed E-state index contributed by atoms with van der Waals surface area (Å²) in [5.41, 5.74) is 7.73. The van der Waals surface area contributed by atoms with Gasteiger partial charge in [0, 0.05) is 11.6 Å². The van der Waals surface area contributed by atoms with Gasteiger partial charge >= 0.3 is 5.97 Å². The van der Waals surface area contributed by atoms with Gasteiger partial charge in [0.05, 0.1) is 34.7 Å². The van der Waals surface area contributed by atoms with Crippen LogP contribution in [0, 0.1) is 11.3 Å². The van der Waals surface area contributed by atoms with Crippen LogP contribution in [0.2, 0.25) is 25.1 Å². The van der Waals surface area contributed by atoms with Crippen LogP contribution in [0.5, 0.6) is 28.7 Å². The molecule has 0 amide bonds. The number of esters is 1. The largest absolute Gasteiger partial charge is 0.493 e. The number of nitriles is 1.